The Morgan fingerprint density at radius 2 is 1.67 bits per heavy atom. The van der Waals surface area contributed by atoms with Crippen molar-refractivity contribution in [2.75, 3.05) is 20.2 Å². The van der Waals surface area contributed by atoms with E-state index in [9.17, 15) is 8.42 Å². The van der Waals surface area contributed by atoms with E-state index in [1.165, 1.54) is 37.9 Å². The number of nitrogens with one attached hydrogen (secondary N) is 1. The molecule has 0 spiro atoms. The van der Waals surface area contributed by atoms with E-state index in [4.69, 9.17) is 4.74 Å². The fourth-order valence-electron chi connectivity index (χ4n) is 3.42. The van der Waals surface area contributed by atoms with Crippen LogP contribution >= 0.6 is 0 Å². The van der Waals surface area contributed by atoms with E-state index in [0.29, 0.717) is 5.75 Å². The molecule has 1 aliphatic rings. The highest BCUT2D eigenvalue weighted by molar-refractivity contribution is 7.89. The maximum Gasteiger partial charge on any atom is 0.240 e. The van der Waals surface area contributed by atoms with Gasteiger partial charge in [-0.25, -0.2) is 13.1 Å². The number of hydrogen-bond donors (Lipinski definition) is 1. The van der Waals surface area contributed by atoms with Crippen LogP contribution in [0.15, 0.2) is 47.4 Å². The first-order valence-corrected chi connectivity index (χ1v) is 10.9. The van der Waals surface area contributed by atoms with Crippen molar-refractivity contribution in [3.05, 3.63) is 59.2 Å². The molecule has 1 N–H and O–H groups in total. The Kier molecular flexibility index (Phi) is 6.52. The number of benzene rings is 2. The number of piperidine rings is 1. The van der Waals surface area contributed by atoms with Gasteiger partial charge in [0.25, 0.3) is 0 Å². The first kappa shape index (κ1) is 19.9. The van der Waals surface area contributed by atoms with Crippen LogP contribution in [0.5, 0.6) is 5.75 Å². The third-order valence-corrected chi connectivity index (χ3v) is 6.42. The number of rotatable bonds is 7. The van der Waals surface area contributed by atoms with E-state index in [1.807, 2.05) is 19.1 Å². The number of methoxy groups -OCH3 is 1. The van der Waals surface area contributed by atoms with Crippen molar-refractivity contribution in [1.29, 1.82) is 0 Å². The second-order valence-electron chi connectivity index (χ2n) is 7.11. The second kappa shape index (κ2) is 8.87. The first-order chi connectivity index (χ1) is 13.0. The fourth-order valence-corrected chi connectivity index (χ4v) is 4.52. The molecule has 27 heavy (non-hydrogen) atoms. The molecule has 3 rings (SSSR count). The topological polar surface area (TPSA) is 58.6 Å². The van der Waals surface area contributed by atoms with Crippen molar-refractivity contribution in [2.24, 2.45) is 0 Å². The molecule has 1 saturated heterocycles. The molecule has 0 atom stereocenters. The van der Waals surface area contributed by atoms with Gasteiger partial charge in [0.05, 0.1) is 12.0 Å². The van der Waals surface area contributed by atoms with Crippen molar-refractivity contribution in [1.82, 2.24) is 9.62 Å². The first-order valence-electron chi connectivity index (χ1n) is 9.42. The summed E-state index contributed by atoms with van der Waals surface area (Å²) in [5.74, 6) is 0.679. The molecule has 0 unspecified atom stereocenters. The van der Waals surface area contributed by atoms with Crippen molar-refractivity contribution in [3.63, 3.8) is 0 Å². The van der Waals surface area contributed by atoms with Gasteiger partial charge < -0.3 is 4.74 Å². The molecule has 1 fully saturated rings. The van der Waals surface area contributed by atoms with Crippen molar-refractivity contribution in [3.8, 4) is 5.75 Å². The van der Waals surface area contributed by atoms with Crippen LogP contribution in [0.3, 0.4) is 0 Å². The van der Waals surface area contributed by atoms with Crippen LogP contribution in [-0.4, -0.2) is 33.5 Å². The van der Waals surface area contributed by atoms with Gasteiger partial charge in [0.1, 0.15) is 5.75 Å². The maximum atomic E-state index is 12.5. The molecule has 1 aliphatic heterocycles. The Bertz CT molecular complexity index is 857. The third kappa shape index (κ3) is 5.31. The second-order valence-corrected chi connectivity index (χ2v) is 8.88. The highest BCUT2D eigenvalue weighted by Crippen LogP contribution is 2.21. The monoisotopic (exact) mass is 388 g/mol. The highest BCUT2D eigenvalue weighted by Gasteiger charge is 2.15. The van der Waals surface area contributed by atoms with E-state index in [0.717, 1.165) is 17.7 Å². The molecule has 146 valence electrons. The molecular formula is C21H28N2O3S. The maximum absolute atomic E-state index is 12.5. The van der Waals surface area contributed by atoms with Gasteiger partial charge >= 0.3 is 0 Å². The summed E-state index contributed by atoms with van der Waals surface area (Å²) < 4.78 is 32.9. The molecule has 0 amide bonds. The molecule has 0 bridgehead atoms. The van der Waals surface area contributed by atoms with Crippen molar-refractivity contribution >= 4 is 10.0 Å². The van der Waals surface area contributed by atoms with Gasteiger partial charge in [0.15, 0.2) is 0 Å². The standard InChI is InChI=1S/C21H28N2O3S/c1-17-14-20(10-11-21(17)26-2)27(24,25)22-15-18-6-8-19(9-7-18)16-23-12-4-3-5-13-23/h6-11,14,22H,3-5,12-13,15-16H2,1-2H3. The van der Waals surface area contributed by atoms with Gasteiger partial charge in [-0.1, -0.05) is 30.7 Å². The Hall–Kier alpha value is -1.89. The minimum absolute atomic E-state index is 0.252. The lowest BCUT2D eigenvalue weighted by molar-refractivity contribution is 0.221. The lowest BCUT2D eigenvalue weighted by Gasteiger charge is -2.26. The Balaban J connectivity index is 1.59. The van der Waals surface area contributed by atoms with Crippen LogP contribution in [0.4, 0.5) is 0 Å². The quantitative estimate of drug-likeness (QED) is 0.789. The Morgan fingerprint density at radius 3 is 2.30 bits per heavy atom. The third-order valence-electron chi connectivity index (χ3n) is 5.02. The lowest BCUT2D eigenvalue weighted by Crippen LogP contribution is -2.29. The van der Waals surface area contributed by atoms with Gasteiger partial charge in [-0.15, -0.1) is 0 Å². The molecule has 0 saturated carbocycles. The number of aryl methyl sites for hydroxylation is 1. The van der Waals surface area contributed by atoms with E-state index in [-0.39, 0.29) is 11.4 Å². The van der Waals surface area contributed by atoms with Gasteiger partial charge in [0.2, 0.25) is 10.0 Å². The average Bonchev–Trinajstić information content (AvgIpc) is 2.68. The number of sulfonamides is 1. The zero-order valence-electron chi connectivity index (χ0n) is 16.1. The largest absolute Gasteiger partial charge is 0.496 e. The Labute approximate surface area is 162 Å². The predicted molar refractivity (Wildman–Crippen MR) is 107 cm³/mol. The zero-order chi connectivity index (χ0) is 19.3. The van der Waals surface area contributed by atoms with Gasteiger partial charge in [-0.2, -0.15) is 0 Å². The molecule has 2 aromatic rings. The molecular weight excluding hydrogens is 360 g/mol. The summed E-state index contributed by atoms with van der Waals surface area (Å²) in [6.45, 7) is 5.42. The fraction of sp³-hybridized carbons (Fsp3) is 0.429. The molecule has 1 heterocycles. The average molecular weight is 389 g/mol. The highest BCUT2D eigenvalue weighted by atomic mass is 32.2. The van der Waals surface area contributed by atoms with Crippen LogP contribution in [0, 0.1) is 6.92 Å². The summed E-state index contributed by atoms with van der Waals surface area (Å²) >= 11 is 0. The predicted octanol–water partition coefficient (Wildman–Crippen LogP) is 3.47. The summed E-state index contributed by atoms with van der Waals surface area (Å²) in [5, 5.41) is 0. The summed E-state index contributed by atoms with van der Waals surface area (Å²) in [7, 11) is -1.98. The smallest absolute Gasteiger partial charge is 0.240 e. The molecule has 6 heteroatoms. The van der Waals surface area contributed by atoms with Crippen LogP contribution in [0.25, 0.3) is 0 Å². The van der Waals surface area contributed by atoms with Gasteiger partial charge in [-0.3, -0.25) is 4.90 Å². The van der Waals surface area contributed by atoms with Crippen molar-refractivity contribution < 1.29 is 13.2 Å². The summed E-state index contributed by atoms with van der Waals surface area (Å²) in [6, 6.07) is 13.1. The number of likely N-dealkylation sites (tertiary alicyclic amines) is 1. The molecule has 2 aromatic carbocycles. The van der Waals surface area contributed by atoms with Crippen molar-refractivity contribution in [2.45, 2.75) is 44.2 Å². The van der Waals surface area contributed by atoms with Crippen LogP contribution in [0.1, 0.15) is 36.0 Å². The van der Waals surface area contributed by atoms with Crippen LogP contribution in [-0.2, 0) is 23.1 Å². The SMILES string of the molecule is COc1ccc(S(=O)(=O)NCc2ccc(CN3CCCCC3)cc2)cc1C. The van der Waals surface area contributed by atoms with E-state index in [1.54, 1.807) is 25.3 Å². The summed E-state index contributed by atoms with van der Waals surface area (Å²) in [6.07, 6.45) is 3.90. The van der Waals surface area contributed by atoms with Gasteiger partial charge in [-0.05, 0) is 67.7 Å². The summed E-state index contributed by atoms with van der Waals surface area (Å²) in [4.78, 5) is 2.73. The molecule has 0 radical (unpaired) electrons. The van der Waals surface area contributed by atoms with E-state index < -0.39 is 10.0 Å². The molecule has 0 aromatic heterocycles. The Morgan fingerprint density at radius 1 is 1.00 bits per heavy atom. The van der Waals surface area contributed by atoms with Gasteiger partial charge in [0, 0.05) is 13.1 Å². The number of nitrogens with zero attached hydrogens (tertiary/aromatic N) is 1. The minimum Gasteiger partial charge on any atom is -0.496 e. The normalized spacial score (nSPS) is 15.6. The zero-order valence-corrected chi connectivity index (χ0v) is 16.9. The molecule has 0 aliphatic carbocycles. The molecule has 5 nitrogen and oxygen atoms in total. The number of hydrogen-bond acceptors (Lipinski definition) is 4. The van der Waals surface area contributed by atoms with E-state index in [2.05, 4.69) is 21.8 Å². The minimum atomic E-state index is -3.55. The van der Waals surface area contributed by atoms with Crippen LogP contribution < -0.4 is 9.46 Å². The lowest BCUT2D eigenvalue weighted by atomic mass is 10.1. The van der Waals surface area contributed by atoms with Crippen LogP contribution in [0.2, 0.25) is 0 Å². The summed E-state index contributed by atoms with van der Waals surface area (Å²) in [5.41, 5.74) is 3.02. The number of ether oxygens (including phenoxy) is 1. The van der Waals surface area contributed by atoms with E-state index >= 15 is 0 Å².